The second-order valence-electron chi connectivity index (χ2n) is 7.65. The van der Waals surface area contributed by atoms with Crippen LogP contribution in [0.4, 0.5) is 0 Å². The highest BCUT2D eigenvalue weighted by atomic mass is 16.5. The number of ether oxygens (including phenoxy) is 1. The SMILES string of the molecule is COc1ccc(C(=O)NC2CCN(C(=O)[C@@H](N)C(C)(C)C)CC2)cc1. The number of piperidine rings is 1. The van der Waals surface area contributed by atoms with Crippen molar-refractivity contribution in [1.82, 2.24) is 10.2 Å². The Kier molecular flexibility index (Phi) is 6.06. The molecule has 2 amide bonds. The Labute approximate surface area is 149 Å². The predicted octanol–water partition coefficient (Wildman–Crippen LogP) is 1.79. The molecule has 1 aromatic rings. The molecule has 0 spiro atoms. The molecule has 0 aliphatic carbocycles. The molecule has 3 N–H and O–H groups in total. The Balaban J connectivity index is 1.85. The molecule has 1 heterocycles. The van der Waals surface area contributed by atoms with Crippen molar-refractivity contribution < 1.29 is 14.3 Å². The van der Waals surface area contributed by atoms with Crippen molar-refractivity contribution in [1.29, 1.82) is 0 Å². The van der Waals surface area contributed by atoms with Crippen LogP contribution >= 0.6 is 0 Å². The molecule has 1 aliphatic rings. The fraction of sp³-hybridized carbons (Fsp3) is 0.579. The maximum Gasteiger partial charge on any atom is 0.251 e. The molecule has 0 unspecified atom stereocenters. The minimum atomic E-state index is -0.502. The molecule has 6 heteroatoms. The zero-order valence-corrected chi connectivity index (χ0v) is 15.5. The maximum absolute atomic E-state index is 12.5. The predicted molar refractivity (Wildman–Crippen MR) is 97.5 cm³/mol. The Morgan fingerprint density at radius 1 is 1.20 bits per heavy atom. The summed E-state index contributed by atoms with van der Waals surface area (Å²) < 4.78 is 5.10. The molecule has 1 saturated heterocycles. The van der Waals surface area contributed by atoms with Gasteiger partial charge in [0.2, 0.25) is 5.91 Å². The minimum absolute atomic E-state index is 0.00701. The van der Waals surface area contributed by atoms with Crippen molar-refractivity contribution in [3.63, 3.8) is 0 Å². The van der Waals surface area contributed by atoms with Crippen LogP contribution in [0.2, 0.25) is 0 Å². The summed E-state index contributed by atoms with van der Waals surface area (Å²) in [7, 11) is 1.59. The van der Waals surface area contributed by atoms with Gasteiger partial charge < -0.3 is 20.7 Å². The van der Waals surface area contributed by atoms with E-state index in [1.807, 2.05) is 25.7 Å². The van der Waals surface area contributed by atoms with Gasteiger partial charge in [-0.05, 0) is 42.5 Å². The lowest BCUT2D eigenvalue weighted by Gasteiger charge is -2.36. The second-order valence-corrected chi connectivity index (χ2v) is 7.65. The number of carbonyl (C=O) groups excluding carboxylic acids is 2. The number of nitrogens with one attached hydrogen (secondary N) is 1. The fourth-order valence-electron chi connectivity index (χ4n) is 2.82. The van der Waals surface area contributed by atoms with Crippen LogP contribution in [-0.4, -0.2) is 49.0 Å². The number of nitrogens with two attached hydrogens (primary N) is 1. The number of hydrogen-bond acceptors (Lipinski definition) is 4. The first-order valence-electron chi connectivity index (χ1n) is 8.71. The van der Waals surface area contributed by atoms with Gasteiger partial charge in [-0.1, -0.05) is 20.8 Å². The van der Waals surface area contributed by atoms with E-state index in [0.717, 1.165) is 18.6 Å². The Morgan fingerprint density at radius 3 is 2.24 bits per heavy atom. The van der Waals surface area contributed by atoms with E-state index in [0.29, 0.717) is 18.7 Å². The van der Waals surface area contributed by atoms with Crippen molar-refractivity contribution in [2.24, 2.45) is 11.1 Å². The van der Waals surface area contributed by atoms with E-state index in [2.05, 4.69) is 5.32 Å². The van der Waals surface area contributed by atoms with Crippen molar-refractivity contribution in [3.05, 3.63) is 29.8 Å². The number of nitrogens with zero attached hydrogens (tertiary/aromatic N) is 1. The standard InChI is InChI=1S/C19H29N3O3/c1-19(2,3)16(20)18(24)22-11-9-14(10-12-22)21-17(23)13-5-7-15(25-4)8-6-13/h5-8,14,16H,9-12,20H2,1-4H3,(H,21,23)/t16-/m1/s1. The molecule has 0 radical (unpaired) electrons. The minimum Gasteiger partial charge on any atom is -0.497 e. The van der Waals surface area contributed by atoms with Gasteiger partial charge in [0.25, 0.3) is 5.91 Å². The van der Waals surface area contributed by atoms with Crippen LogP contribution < -0.4 is 15.8 Å². The molecule has 2 rings (SSSR count). The van der Waals surface area contributed by atoms with Crippen molar-refractivity contribution >= 4 is 11.8 Å². The summed E-state index contributed by atoms with van der Waals surface area (Å²) in [6.07, 6.45) is 1.48. The van der Waals surface area contributed by atoms with E-state index < -0.39 is 6.04 Å². The third kappa shape index (κ3) is 4.95. The number of methoxy groups -OCH3 is 1. The summed E-state index contributed by atoms with van der Waals surface area (Å²) in [6.45, 7) is 7.15. The van der Waals surface area contributed by atoms with Gasteiger partial charge in [0, 0.05) is 24.7 Å². The average Bonchev–Trinajstić information content (AvgIpc) is 2.60. The molecule has 1 aromatic carbocycles. The number of likely N-dealkylation sites (tertiary alicyclic amines) is 1. The van der Waals surface area contributed by atoms with Gasteiger partial charge in [0.05, 0.1) is 13.2 Å². The van der Waals surface area contributed by atoms with E-state index in [4.69, 9.17) is 10.5 Å². The van der Waals surface area contributed by atoms with Crippen molar-refractivity contribution in [2.45, 2.75) is 45.7 Å². The van der Waals surface area contributed by atoms with Crippen molar-refractivity contribution in [3.8, 4) is 5.75 Å². The van der Waals surface area contributed by atoms with Crippen LogP contribution in [0.5, 0.6) is 5.75 Å². The number of amides is 2. The molecule has 1 aliphatic heterocycles. The van der Waals surface area contributed by atoms with Crippen LogP contribution in [0.1, 0.15) is 44.0 Å². The molecular weight excluding hydrogens is 318 g/mol. The van der Waals surface area contributed by atoms with E-state index >= 15 is 0 Å². The largest absolute Gasteiger partial charge is 0.497 e. The zero-order valence-electron chi connectivity index (χ0n) is 15.5. The molecule has 1 fully saturated rings. The molecule has 0 bridgehead atoms. The molecule has 25 heavy (non-hydrogen) atoms. The maximum atomic E-state index is 12.5. The number of carbonyl (C=O) groups is 2. The third-order valence-corrected chi connectivity index (χ3v) is 4.69. The Hall–Kier alpha value is -2.08. The highest BCUT2D eigenvalue weighted by Crippen LogP contribution is 2.21. The summed E-state index contributed by atoms with van der Waals surface area (Å²) >= 11 is 0. The highest BCUT2D eigenvalue weighted by molar-refractivity contribution is 5.94. The average molecular weight is 347 g/mol. The summed E-state index contributed by atoms with van der Waals surface area (Å²) in [5.74, 6) is 0.616. The first kappa shape index (κ1) is 19.2. The quantitative estimate of drug-likeness (QED) is 0.870. The van der Waals surface area contributed by atoms with Crippen LogP contribution in [0.3, 0.4) is 0 Å². The lowest BCUT2D eigenvalue weighted by atomic mass is 9.86. The van der Waals surface area contributed by atoms with Crippen LogP contribution in [0, 0.1) is 5.41 Å². The second kappa shape index (κ2) is 7.87. The normalized spacial score (nSPS) is 17.1. The summed E-state index contributed by atoms with van der Waals surface area (Å²) in [5, 5.41) is 3.04. The van der Waals surface area contributed by atoms with Crippen LogP contribution in [-0.2, 0) is 4.79 Å². The summed E-state index contributed by atoms with van der Waals surface area (Å²) in [5.41, 5.74) is 6.42. The Bertz CT molecular complexity index is 599. The first-order chi connectivity index (χ1) is 11.7. The van der Waals surface area contributed by atoms with Gasteiger partial charge in [0.1, 0.15) is 5.75 Å². The Morgan fingerprint density at radius 2 is 1.76 bits per heavy atom. The highest BCUT2D eigenvalue weighted by Gasteiger charge is 2.33. The van der Waals surface area contributed by atoms with Gasteiger partial charge in [0.15, 0.2) is 0 Å². The van der Waals surface area contributed by atoms with Gasteiger partial charge in [-0.25, -0.2) is 0 Å². The van der Waals surface area contributed by atoms with Gasteiger partial charge in [-0.15, -0.1) is 0 Å². The smallest absolute Gasteiger partial charge is 0.251 e. The first-order valence-corrected chi connectivity index (χ1v) is 8.71. The summed E-state index contributed by atoms with van der Waals surface area (Å²) in [6, 6.07) is 6.60. The van der Waals surface area contributed by atoms with E-state index in [9.17, 15) is 9.59 Å². The van der Waals surface area contributed by atoms with Gasteiger partial charge in [-0.2, -0.15) is 0 Å². The molecule has 6 nitrogen and oxygen atoms in total. The van der Waals surface area contributed by atoms with E-state index in [1.165, 1.54) is 0 Å². The van der Waals surface area contributed by atoms with Gasteiger partial charge >= 0.3 is 0 Å². The number of hydrogen-bond donors (Lipinski definition) is 2. The summed E-state index contributed by atoms with van der Waals surface area (Å²) in [4.78, 5) is 26.6. The molecule has 0 saturated carbocycles. The van der Waals surface area contributed by atoms with E-state index in [-0.39, 0.29) is 23.3 Å². The van der Waals surface area contributed by atoms with Crippen molar-refractivity contribution in [2.75, 3.05) is 20.2 Å². The van der Waals surface area contributed by atoms with Crippen LogP contribution in [0.15, 0.2) is 24.3 Å². The van der Waals surface area contributed by atoms with Crippen LogP contribution in [0.25, 0.3) is 0 Å². The lowest BCUT2D eigenvalue weighted by Crippen LogP contribution is -2.54. The van der Waals surface area contributed by atoms with E-state index in [1.54, 1.807) is 31.4 Å². The monoisotopic (exact) mass is 347 g/mol. The molecule has 138 valence electrons. The number of benzene rings is 1. The number of rotatable bonds is 4. The third-order valence-electron chi connectivity index (χ3n) is 4.69. The fourth-order valence-corrected chi connectivity index (χ4v) is 2.82. The molecule has 1 atom stereocenters. The lowest BCUT2D eigenvalue weighted by molar-refractivity contribution is -0.136. The zero-order chi connectivity index (χ0) is 18.6. The van der Waals surface area contributed by atoms with Gasteiger partial charge in [-0.3, -0.25) is 9.59 Å². The topological polar surface area (TPSA) is 84.7 Å². The molecule has 0 aromatic heterocycles. The molecular formula is C19H29N3O3.